The molecule has 0 atom stereocenters. The van der Waals surface area contributed by atoms with E-state index in [0.717, 1.165) is 29.8 Å². The molecule has 2 rings (SSSR count). The maximum absolute atomic E-state index is 13.9. The second-order valence-electron chi connectivity index (χ2n) is 4.41. The highest BCUT2D eigenvalue weighted by atomic mass is 19.1. The van der Waals surface area contributed by atoms with Gasteiger partial charge in [0.2, 0.25) is 0 Å². The van der Waals surface area contributed by atoms with E-state index < -0.39 is 0 Å². The molecule has 0 fully saturated rings. The van der Waals surface area contributed by atoms with E-state index in [1.807, 2.05) is 17.8 Å². The van der Waals surface area contributed by atoms with Gasteiger partial charge >= 0.3 is 0 Å². The average molecular weight is 247 g/mol. The molecular formula is C14H18FN3. The van der Waals surface area contributed by atoms with Crippen LogP contribution in [0.5, 0.6) is 0 Å². The van der Waals surface area contributed by atoms with Gasteiger partial charge in [-0.2, -0.15) is 5.10 Å². The fourth-order valence-corrected chi connectivity index (χ4v) is 2.03. The van der Waals surface area contributed by atoms with Crippen LogP contribution in [-0.2, 0) is 13.1 Å². The number of nitrogens with two attached hydrogens (primary N) is 1. The van der Waals surface area contributed by atoms with Crippen molar-refractivity contribution in [3.63, 3.8) is 0 Å². The normalized spacial score (nSPS) is 10.9. The van der Waals surface area contributed by atoms with Crippen LogP contribution in [0.15, 0.2) is 24.4 Å². The number of hydrogen-bond donors (Lipinski definition) is 1. The van der Waals surface area contributed by atoms with Gasteiger partial charge in [-0.05, 0) is 31.0 Å². The van der Waals surface area contributed by atoms with Gasteiger partial charge in [-0.15, -0.1) is 0 Å². The Morgan fingerprint density at radius 2 is 2.11 bits per heavy atom. The zero-order valence-corrected chi connectivity index (χ0v) is 10.8. The number of aromatic nitrogens is 2. The van der Waals surface area contributed by atoms with E-state index in [1.54, 1.807) is 12.1 Å². The van der Waals surface area contributed by atoms with E-state index >= 15 is 0 Å². The molecule has 0 spiro atoms. The molecule has 0 saturated carbocycles. The van der Waals surface area contributed by atoms with E-state index in [-0.39, 0.29) is 5.82 Å². The number of aryl methyl sites for hydroxylation is 2. The van der Waals surface area contributed by atoms with Crippen LogP contribution in [0.1, 0.15) is 24.6 Å². The van der Waals surface area contributed by atoms with Crippen LogP contribution in [0.4, 0.5) is 4.39 Å². The lowest BCUT2D eigenvalue weighted by molar-refractivity contribution is 0.598. The highest BCUT2D eigenvalue weighted by Crippen LogP contribution is 2.26. The van der Waals surface area contributed by atoms with Crippen molar-refractivity contribution in [3.8, 4) is 11.1 Å². The van der Waals surface area contributed by atoms with Gasteiger partial charge in [0.05, 0.1) is 5.69 Å². The average Bonchev–Trinajstić information content (AvgIpc) is 2.71. The number of rotatable bonds is 4. The number of hydrogen-bond acceptors (Lipinski definition) is 2. The number of halogens is 1. The van der Waals surface area contributed by atoms with Crippen LogP contribution >= 0.6 is 0 Å². The molecular weight excluding hydrogens is 229 g/mol. The van der Waals surface area contributed by atoms with E-state index in [4.69, 9.17) is 5.73 Å². The fourth-order valence-electron chi connectivity index (χ4n) is 2.03. The van der Waals surface area contributed by atoms with Gasteiger partial charge in [0.25, 0.3) is 0 Å². The van der Waals surface area contributed by atoms with E-state index in [1.165, 1.54) is 6.07 Å². The van der Waals surface area contributed by atoms with E-state index in [2.05, 4.69) is 12.0 Å². The van der Waals surface area contributed by atoms with Crippen LogP contribution in [0.3, 0.4) is 0 Å². The van der Waals surface area contributed by atoms with Crippen molar-refractivity contribution < 1.29 is 4.39 Å². The first-order chi connectivity index (χ1) is 8.65. The molecule has 3 nitrogen and oxygen atoms in total. The second kappa shape index (κ2) is 5.31. The zero-order valence-electron chi connectivity index (χ0n) is 10.8. The maximum Gasteiger partial charge on any atom is 0.131 e. The van der Waals surface area contributed by atoms with E-state index in [9.17, 15) is 4.39 Å². The maximum atomic E-state index is 13.9. The minimum atomic E-state index is -0.230. The molecule has 1 aromatic carbocycles. The molecule has 0 aliphatic rings. The smallest absolute Gasteiger partial charge is 0.131 e. The van der Waals surface area contributed by atoms with E-state index in [0.29, 0.717) is 12.1 Å². The molecule has 96 valence electrons. The Morgan fingerprint density at radius 1 is 1.33 bits per heavy atom. The number of nitrogens with zero attached hydrogens (tertiary/aromatic N) is 2. The van der Waals surface area contributed by atoms with Crippen molar-refractivity contribution in [2.24, 2.45) is 5.73 Å². The third-order valence-electron chi connectivity index (χ3n) is 2.96. The van der Waals surface area contributed by atoms with Gasteiger partial charge in [0.1, 0.15) is 5.82 Å². The molecule has 0 saturated heterocycles. The van der Waals surface area contributed by atoms with Crippen molar-refractivity contribution in [2.75, 3.05) is 0 Å². The van der Waals surface area contributed by atoms with Crippen molar-refractivity contribution in [2.45, 2.75) is 33.4 Å². The lowest BCUT2D eigenvalue weighted by Crippen LogP contribution is -1.97. The van der Waals surface area contributed by atoms with Crippen molar-refractivity contribution in [3.05, 3.63) is 41.5 Å². The molecule has 0 unspecified atom stereocenters. The molecule has 1 aromatic heterocycles. The first kappa shape index (κ1) is 12.8. The lowest BCUT2D eigenvalue weighted by atomic mass is 10.0. The molecule has 0 aliphatic heterocycles. The largest absolute Gasteiger partial charge is 0.326 e. The molecule has 0 radical (unpaired) electrons. The molecule has 1 heterocycles. The van der Waals surface area contributed by atoms with Gasteiger partial charge in [-0.1, -0.05) is 13.0 Å². The van der Waals surface area contributed by atoms with Crippen LogP contribution < -0.4 is 5.73 Å². The Kier molecular flexibility index (Phi) is 3.77. The van der Waals surface area contributed by atoms with Crippen molar-refractivity contribution >= 4 is 0 Å². The van der Waals surface area contributed by atoms with Crippen LogP contribution in [-0.4, -0.2) is 9.78 Å². The Balaban J connectivity index is 2.47. The standard InChI is InChI=1S/C14H18FN3/c1-3-6-18-9-13(10(2)17-18)12-7-11(8-16)4-5-14(12)15/h4-5,7,9H,3,6,8,16H2,1-2H3. The SMILES string of the molecule is CCCn1cc(-c2cc(CN)ccc2F)c(C)n1. The zero-order chi connectivity index (χ0) is 13.1. The summed E-state index contributed by atoms with van der Waals surface area (Å²) >= 11 is 0. The van der Waals surface area contributed by atoms with Gasteiger partial charge < -0.3 is 5.73 Å². The number of benzene rings is 1. The van der Waals surface area contributed by atoms with Gasteiger partial charge in [0, 0.05) is 30.4 Å². The Morgan fingerprint density at radius 3 is 2.78 bits per heavy atom. The summed E-state index contributed by atoms with van der Waals surface area (Å²) in [5, 5.41) is 4.39. The van der Waals surface area contributed by atoms with Crippen molar-refractivity contribution in [1.82, 2.24) is 9.78 Å². The lowest BCUT2D eigenvalue weighted by Gasteiger charge is -2.04. The monoisotopic (exact) mass is 247 g/mol. The highest BCUT2D eigenvalue weighted by Gasteiger charge is 2.12. The summed E-state index contributed by atoms with van der Waals surface area (Å²) in [6, 6.07) is 4.98. The van der Waals surface area contributed by atoms with Gasteiger partial charge in [0.15, 0.2) is 0 Å². The Bertz CT molecular complexity index is 546. The predicted octanol–water partition coefficient (Wildman–Crippen LogP) is 2.87. The molecule has 2 aromatic rings. The quantitative estimate of drug-likeness (QED) is 0.902. The molecule has 2 N–H and O–H groups in total. The summed E-state index contributed by atoms with van der Waals surface area (Å²) in [6.07, 6.45) is 2.91. The first-order valence-electron chi connectivity index (χ1n) is 6.18. The minimum absolute atomic E-state index is 0.230. The molecule has 18 heavy (non-hydrogen) atoms. The second-order valence-corrected chi connectivity index (χ2v) is 4.41. The van der Waals surface area contributed by atoms with Gasteiger partial charge in [-0.25, -0.2) is 4.39 Å². The predicted molar refractivity (Wildman–Crippen MR) is 70.5 cm³/mol. The summed E-state index contributed by atoms with van der Waals surface area (Å²) in [5.74, 6) is -0.230. The van der Waals surface area contributed by atoms with Crippen LogP contribution in [0.2, 0.25) is 0 Å². The summed E-state index contributed by atoms with van der Waals surface area (Å²) < 4.78 is 15.7. The third kappa shape index (κ3) is 2.43. The summed E-state index contributed by atoms with van der Waals surface area (Å²) in [6.45, 7) is 5.25. The van der Waals surface area contributed by atoms with Gasteiger partial charge in [-0.3, -0.25) is 4.68 Å². The third-order valence-corrected chi connectivity index (χ3v) is 2.96. The van der Waals surface area contributed by atoms with Crippen molar-refractivity contribution in [1.29, 1.82) is 0 Å². The summed E-state index contributed by atoms with van der Waals surface area (Å²) in [5.41, 5.74) is 8.79. The summed E-state index contributed by atoms with van der Waals surface area (Å²) in [7, 11) is 0. The Hall–Kier alpha value is -1.68. The van der Waals surface area contributed by atoms with Crippen LogP contribution in [0.25, 0.3) is 11.1 Å². The minimum Gasteiger partial charge on any atom is -0.326 e. The highest BCUT2D eigenvalue weighted by molar-refractivity contribution is 5.66. The fraction of sp³-hybridized carbons (Fsp3) is 0.357. The molecule has 0 aliphatic carbocycles. The Labute approximate surface area is 106 Å². The molecule has 0 amide bonds. The topological polar surface area (TPSA) is 43.8 Å². The molecule has 4 heteroatoms. The van der Waals surface area contributed by atoms with Crippen LogP contribution in [0, 0.1) is 12.7 Å². The first-order valence-corrected chi connectivity index (χ1v) is 6.18. The summed E-state index contributed by atoms with van der Waals surface area (Å²) in [4.78, 5) is 0. The molecule has 0 bridgehead atoms.